The molecule has 0 aromatic heterocycles. The van der Waals surface area contributed by atoms with Crippen LogP contribution in [0.15, 0.2) is 53.4 Å². The van der Waals surface area contributed by atoms with E-state index in [1.54, 1.807) is 28.6 Å². The van der Waals surface area contributed by atoms with Crippen LogP contribution in [0.1, 0.15) is 61.4 Å². The second-order valence-corrected chi connectivity index (χ2v) is 10.1. The van der Waals surface area contributed by atoms with Gasteiger partial charge in [-0.25, -0.2) is 8.42 Å². The molecule has 1 fully saturated rings. The topological polar surface area (TPSA) is 57.7 Å². The third-order valence-corrected chi connectivity index (χ3v) is 8.27. The van der Waals surface area contributed by atoms with Crippen molar-refractivity contribution in [2.75, 3.05) is 18.0 Å². The summed E-state index contributed by atoms with van der Waals surface area (Å²) in [7, 11) is -3.53. The number of sulfonamides is 1. The third kappa shape index (κ3) is 3.71. The number of nitrogens with zero attached hydrogens (tertiary/aromatic N) is 2. The lowest BCUT2D eigenvalue weighted by atomic mass is 9.91. The van der Waals surface area contributed by atoms with Crippen molar-refractivity contribution in [3.8, 4) is 0 Å². The fourth-order valence-electron chi connectivity index (χ4n) is 4.45. The summed E-state index contributed by atoms with van der Waals surface area (Å²) in [5.41, 5.74) is 2.65. The molecule has 2 heterocycles. The first-order valence-electron chi connectivity index (χ1n) is 10.4. The van der Waals surface area contributed by atoms with E-state index < -0.39 is 10.0 Å². The Labute approximate surface area is 173 Å². The summed E-state index contributed by atoms with van der Waals surface area (Å²) >= 11 is 0. The highest BCUT2D eigenvalue weighted by Crippen LogP contribution is 2.35. The van der Waals surface area contributed by atoms with Gasteiger partial charge in [0, 0.05) is 30.4 Å². The van der Waals surface area contributed by atoms with Gasteiger partial charge in [0.1, 0.15) is 0 Å². The summed E-state index contributed by atoms with van der Waals surface area (Å²) in [5.74, 6) is 0.342. The maximum Gasteiger partial charge on any atom is 0.258 e. The number of hydrogen-bond acceptors (Lipinski definition) is 3. The van der Waals surface area contributed by atoms with Gasteiger partial charge in [0.15, 0.2) is 0 Å². The monoisotopic (exact) mass is 412 g/mol. The van der Waals surface area contributed by atoms with Crippen LogP contribution in [0.5, 0.6) is 0 Å². The second kappa shape index (κ2) is 7.92. The van der Waals surface area contributed by atoms with Gasteiger partial charge < -0.3 is 4.90 Å². The molecule has 4 rings (SSSR count). The summed E-state index contributed by atoms with van der Waals surface area (Å²) in [5, 5.41) is 0. The molecule has 0 saturated carbocycles. The quantitative estimate of drug-likeness (QED) is 0.751. The Morgan fingerprint density at radius 3 is 2.38 bits per heavy atom. The highest BCUT2D eigenvalue weighted by atomic mass is 32.2. The Morgan fingerprint density at radius 1 is 0.931 bits per heavy atom. The zero-order valence-electron chi connectivity index (χ0n) is 17.0. The maximum atomic E-state index is 13.1. The lowest BCUT2D eigenvalue weighted by Gasteiger charge is -2.33. The number of rotatable bonds is 3. The molecule has 29 heavy (non-hydrogen) atoms. The Balaban J connectivity index is 1.58. The van der Waals surface area contributed by atoms with Gasteiger partial charge in [0.05, 0.1) is 4.90 Å². The number of benzene rings is 2. The minimum atomic E-state index is -3.53. The molecule has 2 aromatic carbocycles. The molecule has 1 saturated heterocycles. The smallest absolute Gasteiger partial charge is 0.258 e. The molecule has 5 nitrogen and oxygen atoms in total. The first-order chi connectivity index (χ1) is 13.9. The van der Waals surface area contributed by atoms with Crippen LogP contribution in [0.25, 0.3) is 0 Å². The van der Waals surface area contributed by atoms with Crippen LogP contribution < -0.4 is 4.90 Å². The van der Waals surface area contributed by atoms with Gasteiger partial charge in [-0.05, 0) is 68.0 Å². The minimum absolute atomic E-state index is 0.0156. The Hall–Kier alpha value is -2.18. The number of anilines is 1. The van der Waals surface area contributed by atoms with Crippen LogP contribution in [0, 0.1) is 0 Å². The van der Waals surface area contributed by atoms with Crippen LogP contribution in [0.3, 0.4) is 0 Å². The number of para-hydroxylation sites is 1. The predicted octanol–water partition coefficient (Wildman–Crippen LogP) is 4.40. The molecule has 2 unspecified atom stereocenters. The van der Waals surface area contributed by atoms with E-state index in [9.17, 15) is 13.2 Å². The van der Waals surface area contributed by atoms with E-state index in [4.69, 9.17) is 0 Å². The van der Waals surface area contributed by atoms with Crippen molar-refractivity contribution in [1.82, 2.24) is 4.31 Å². The summed E-state index contributed by atoms with van der Waals surface area (Å²) in [6, 6.07) is 14.5. The molecule has 2 aromatic rings. The van der Waals surface area contributed by atoms with Crippen molar-refractivity contribution in [3.05, 3.63) is 59.7 Å². The molecule has 0 bridgehead atoms. The van der Waals surface area contributed by atoms with Gasteiger partial charge >= 0.3 is 0 Å². The molecule has 0 spiro atoms. The summed E-state index contributed by atoms with van der Waals surface area (Å²) in [4.78, 5) is 15.2. The molecule has 1 amide bonds. The van der Waals surface area contributed by atoms with E-state index in [0.29, 0.717) is 24.6 Å². The van der Waals surface area contributed by atoms with Gasteiger partial charge in [-0.3, -0.25) is 4.79 Å². The summed E-state index contributed by atoms with van der Waals surface area (Å²) in [6.07, 6.45) is 3.77. The molecule has 6 heteroatoms. The summed E-state index contributed by atoms with van der Waals surface area (Å²) in [6.45, 7) is 5.38. The van der Waals surface area contributed by atoms with E-state index in [1.165, 1.54) is 5.56 Å². The maximum absolute atomic E-state index is 13.1. The average Bonchev–Trinajstić information content (AvgIpc) is 2.74. The molecular formula is C23H28N2O3S. The standard InChI is InChI=1S/C23H28N2O3S/c1-17-14-16-24(22-9-4-3-8-21(17)22)23(26)19-10-12-20(13-11-19)29(27,28)25-15-6-5-7-18(25)2/h3-4,8-13,17-18H,5-7,14-16H2,1-2H3. The van der Waals surface area contributed by atoms with E-state index in [-0.39, 0.29) is 16.8 Å². The average molecular weight is 413 g/mol. The van der Waals surface area contributed by atoms with Crippen LogP contribution >= 0.6 is 0 Å². The van der Waals surface area contributed by atoms with E-state index >= 15 is 0 Å². The first kappa shape index (κ1) is 20.1. The fourth-order valence-corrected chi connectivity index (χ4v) is 6.15. The van der Waals surface area contributed by atoms with E-state index in [0.717, 1.165) is 31.4 Å². The molecule has 0 radical (unpaired) electrons. The molecule has 2 atom stereocenters. The highest BCUT2D eigenvalue weighted by molar-refractivity contribution is 7.89. The number of carbonyl (C=O) groups is 1. The molecule has 2 aliphatic rings. The lowest BCUT2D eigenvalue weighted by molar-refractivity contribution is 0.0984. The van der Waals surface area contributed by atoms with Crippen molar-refractivity contribution < 1.29 is 13.2 Å². The number of amides is 1. The zero-order chi connectivity index (χ0) is 20.6. The van der Waals surface area contributed by atoms with Crippen LogP contribution in [-0.2, 0) is 10.0 Å². The lowest BCUT2D eigenvalue weighted by Crippen LogP contribution is -2.41. The fraction of sp³-hybridized carbons (Fsp3) is 0.435. The van der Waals surface area contributed by atoms with Gasteiger partial charge in [0.25, 0.3) is 5.91 Å². The van der Waals surface area contributed by atoms with Gasteiger partial charge in [-0.15, -0.1) is 0 Å². The van der Waals surface area contributed by atoms with Gasteiger partial charge in [0.2, 0.25) is 10.0 Å². The number of piperidine rings is 1. The van der Waals surface area contributed by atoms with Crippen molar-refractivity contribution in [1.29, 1.82) is 0 Å². The highest BCUT2D eigenvalue weighted by Gasteiger charge is 2.31. The van der Waals surface area contributed by atoms with Crippen molar-refractivity contribution in [2.45, 2.75) is 56.4 Å². The van der Waals surface area contributed by atoms with Gasteiger partial charge in [-0.2, -0.15) is 4.31 Å². The Morgan fingerprint density at radius 2 is 1.66 bits per heavy atom. The molecule has 2 aliphatic heterocycles. The number of hydrogen-bond donors (Lipinski definition) is 0. The van der Waals surface area contributed by atoms with Crippen molar-refractivity contribution in [3.63, 3.8) is 0 Å². The zero-order valence-corrected chi connectivity index (χ0v) is 17.9. The van der Waals surface area contributed by atoms with Crippen molar-refractivity contribution in [2.24, 2.45) is 0 Å². The minimum Gasteiger partial charge on any atom is -0.308 e. The van der Waals surface area contributed by atoms with Gasteiger partial charge in [-0.1, -0.05) is 31.5 Å². The second-order valence-electron chi connectivity index (χ2n) is 8.19. The van der Waals surface area contributed by atoms with Crippen LogP contribution in [0.2, 0.25) is 0 Å². The Bertz CT molecular complexity index is 1000. The largest absolute Gasteiger partial charge is 0.308 e. The van der Waals surface area contributed by atoms with Crippen LogP contribution in [-0.4, -0.2) is 37.8 Å². The van der Waals surface area contributed by atoms with Crippen LogP contribution in [0.4, 0.5) is 5.69 Å². The third-order valence-electron chi connectivity index (χ3n) is 6.24. The molecule has 154 valence electrons. The Kier molecular flexibility index (Phi) is 5.49. The number of fused-ring (bicyclic) bond motifs is 1. The number of carbonyl (C=O) groups excluding carboxylic acids is 1. The van der Waals surface area contributed by atoms with E-state index in [2.05, 4.69) is 13.0 Å². The normalized spacial score (nSPS) is 22.9. The molecular weight excluding hydrogens is 384 g/mol. The summed E-state index contributed by atoms with van der Waals surface area (Å²) < 4.78 is 27.6. The molecule has 0 N–H and O–H groups in total. The van der Waals surface area contributed by atoms with E-state index in [1.807, 2.05) is 30.0 Å². The predicted molar refractivity (Wildman–Crippen MR) is 115 cm³/mol. The molecule has 0 aliphatic carbocycles. The first-order valence-corrected chi connectivity index (χ1v) is 11.9. The van der Waals surface area contributed by atoms with Crippen molar-refractivity contribution >= 4 is 21.6 Å². The SMILES string of the molecule is CC1CCN(C(=O)c2ccc(S(=O)(=O)N3CCCCC3C)cc2)c2ccccc21.